The fraction of sp³-hybridized carbons (Fsp3) is 0. The van der Waals surface area contributed by atoms with Crippen molar-refractivity contribution in [1.82, 2.24) is 25.1 Å². The number of nitrogens with one attached hydrogen (secondary N) is 2. The van der Waals surface area contributed by atoms with Gasteiger partial charge >= 0.3 is 0 Å². The molecule has 2 aromatic carbocycles. The first-order valence-corrected chi connectivity index (χ1v) is 8.51. The summed E-state index contributed by atoms with van der Waals surface area (Å²) in [5.41, 5.74) is 3.27. The molecule has 0 aliphatic rings. The molecule has 0 radical (unpaired) electrons. The molecule has 0 bridgehead atoms. The molecule has 0 aliphatic carbocycles. The highest BCUT2D eigenvalue weighted by molar-refractivity contribution is 9.10. The van der Waals surface area contributed by atoms with Crippen molar-refractivity contribution in [1.29, 1.82) is 0 Å². The van der Waals surface area contributed by atoms with Crippen molar-refractivity contribution < 1.29 is 5.11 Å². The van der Waals surface area contributed by atoms with Crippen LogP contribution in [0.4, 0.5) is 11.6 Å². The number of aromatic hydroxyl groups is 1. The van der Waals surface area contributed by atoms with Crippen molar-refractivity contribution in [3.05, 3.63) is 46.9 Å². The van der Waals surface area contributed by atoms with E-state index in [2.05, 4.69) is 51.3 Å². The van der Waals surface area contributed by atoms with E-state index < -0.39 is 0 Å². The van der Waals surface area contributed by atoms with E-state index in [0.717, 1.165) is 26.3 Å². The first-order valence-electron chi connectivity index (χ1n) is 7.72. The Hall–Kier alpha value is -3.33. The van der Waals surface area contributed by atoms with Crippen LogP contribution >= 0.6 is 15.9 Å². The average Bonchev–Trinajstić information content (AvgIpc) is 3.16. The molecule has 0 saturated heterocycles. The van der Waals surface area contributed by atoms with Crippen LogP contribution < -0.4 is 0 Å². The summed E-state index contributed by atoms with van der Waals surface area (Å²) in [5, 5.41) is 28.1. The topological polar surface area (TPSA) is 115 Å². The molecule has 0 fully saturated rings. The van der Waals surface area contributed by atoms with E-state index in [-0.39, 0.29) is 11.8 Å². The van der Waals surface area contributed by atoms with Crippen LogP contribution in [0, 0.1) is 0 Å². The maximum atomic E-state index is 10.1. The van der Waals surface area contributed by atoms with E-state index >= 15 is 0 Å². The van der Waals surface area contributed by atoms with Crippen molar-refractivity contribution >= 4 is 60.5 Å². The van der Waals surface area contributed by atoms with E-state index in [1.54, 1.807) is 0 Å². The SMILES string of the molecule is Oc1[nH]c2ccc(Br)cc2c1N=Nc1nnc2c(n1)[nH]c1ccccc12. The molecule has 0 saturated carbocycles. The predicted molar refractivity (Wildman–Crippen MR) is 101 cm³/mol. The molecule has 8 nitrogen and oxygen atoms in total. The minimum atomic E-state index is -0.0681. The third-order valence-corrected chi connectivity index (χ3v) is 4.56. The average molecular weight is 408 g/mol. The number of aromatic amines is 2. The monoisotopic (exact) mass is 407 g/mol. The molecular formula is C17H10BrN7O. The Kier molecular flexibility index (Phi) is 3.22. The van der Waals surface area contributed by atoms with Crippen molar-refractivity contribution in [2.24, 2.45) is 10.2 Å². The van der Waals surface area contributed by atoms with E-state index in [4.69, 9.17) is 0 Å². The Morgan fingerprint density at radius 3 is 2.69 bits per heavy atom. The van der Waals surface area contributed by atoms with Gasteiger partial charge in [0.15, 0.2) is 11.3 Å². The molecule has 0 aliphatic heterocycles. The van der Waals surface area contributed by atoms with Gasteiger partial charge in [-0.05, 0) is 24.3 Å². The smallest absolute Gasteiger partial charge is 0.289 e. The number of benzene rings is 2. The summed E-state index contributed by atoms with van der Waals surface area (Å²) in [7, 11) is 0. The van der Waals surface area contributed by atoms with Crippen LogP contribution in [-0.2, 0) is 0 Å². The summed E-state index contributed by atoms with van der Waals surface area (Å²) in [4.78, 5) is 10.4. The molecule has 5 rings (SSSR count). The van der Waals surface area contributed by atoms with Crippen molar-refractivity contribution in [3.8, 4) is 5.88 Å². The second-order valence-corrected chi connectivity index (χ2v) is 6.61. The lowest BCUT2D eigenvalue weighted by Gasteiger charge is -1.93. The minimum absolute atomic E-state index is 0.0681. The fourth-order valence-corrected chi connectivity index (χ4v) is 3.25. The molecule has 0 atom stereocenters. The molecular weight excluding hydrogens is 398 g/mol. The van der Waals surface area contributed by atoms with Crippen molar-refractivity contribution in [2.75, 3.05) is 0 Å². The number of rotatable bonds is 2. The van der Waals surface area contributed by atoms with Gasteiger partial charge in [-0.2, -0.15) is 4.98 Å². The minimum Gasteiger partial charge on any atom is -0.493 e. The molecule has 5 aromatic rings. The quantitative estimate of drug-likeness (QED) is 0.362. The highest BCUT2D eigenvalue weighted by Gasteiger charge is 2.12. The van der Waals surface area contributed by atoms with Gasteiger partial charge in [0.1, 0.15) is 5.52 Å². The third kappa shape index (κ3) is 2.32. The van der Waals surface area contributed by atoms with Gasteiger partial charge in [0, 0.05) is 20.8 Å². The zero-order chi connectivity index (χ0) is 17.7. The summed E-state index contributed by atoms with van der Waals surface area (Å²) in [5.74, 6) is 0.0364. The van der Waals surface area contributed by atoms with Gasteiger partial charge < -0.3 is 15.1 Å². The van der Waals surface area contributed by atoms with Gasteiger partial charge in [-0.1, -0.05) is 34.1 Å². The Balaban J connectivity index is 1.60. The van der Waals surface area contributed by atoms with Crippen molar-refractivity contribution in [2.45, 2.75) is 0 Å². The normalized spacial score (nSPS) is 12.0. The van der Waals surface area contributed by atoms with Crippen LogP contribution in [0.3, 0.4) is 0 Å². The Morgan fingerprint density at radius 1 is 0.923 bits per heavy atom. The largest absolute Gasteiger partial charge is 0.493 e. The molecule has 3 heterocycles. The van der Waals surface area contributed by atoms with Gasteiger partial charge in [-0.25, -0.2) is 0 Å². The summed E-state index contributed by atoms with van der Waals surface area (Å²) in [6, 6.07) is 13.3. The zero-order valence-electron chi connectivity index (χ0n) is 13.1. The van der Waals surface area contributed by atoms with Crippen LogP contribution in [0.2, 0.25) is 0 Å². The first-order chi connectivity index (χ1) is 12.7. The summed E-state index contributed by atoms with van der Waals surface area (Å²) >= 11 is 3.41. The van der Waals surface area contributed by atoms with Crippen LogP contribution in [-0.4, -0.2) is 30.3 Å². The Labute approximate surface area is 154 Å². The number of halogens is 1. The summed E-state index contributed by atoms with van der Waals surface area (Å²) in [6.45, 7) is 0. The lowest BCUT2D eigenvalue weighted by atomic mass is 10.2. The number of azo groups is 1. The summed E-state index contributed by atoms with van der Waals surface area (Å²) in [6.07, 6.45) is 0. The Bertz CT molecular complexity index is 1320. The number of fused-ring (bicyclic) bond motifs is 4. The number of hydrogen-bond acceptors (Lipinski definition) is 6. The lowest BCUT2D eigenvalue weighted by Crippen LogP contribution is -1.86. The van der Waals surface area contributed by atoms with Gasteiger partial charge in [0.2, 0.25) is 5.88 Å². The number of H-pyrrole nitrogens is 2. The zero-order valence-corrected chi connectivity index (χ0v) is 14.7. The van der Waals surface area contributed by atoms with Gasteiger partial charge in [-0.3, -0.25) is 0 Å². The predicted octanol–water partition coefficient (Wildman–Crippen LogP) is 4.87. The third-order valence-electron chi connectivity index (χ3n) is 4.06. The molecule has 9 heteroatoms. The second-order valence-electron chi connectivity index (χ2n) is 5.69. The number of aromatic nitrogens is 5. The molecule has 0 amide bonds. The standard InChI is InChI=1S/C17H10BrN7O/c18-8-5-6-12-10(7-8)14(16(26)20-12)23-25-17-21-15-13(22-24-17)9-3-1-2-4-11(9)19-15/h1-7,20,26H,(H,19,21,24). The maximum Gasteiger partial charge on any atom is 0.289 e. The number of para-hydroxylation sites is 1. The molecule has 0 unspecified atom stereocenters. The van der Waals surface area contributed by atoms with E-state index in [0.29, 0.717) is 16.9 Å². The van der Waals surface area contributed by atoms with Crippen LogP contribution in [0.25, 0.3) is 33.0 Å². The van der Waals surface area contributed by atoms with Gasteiger partial charge in [0.05, 0.1) is 5.52 Å². The highest BCUT2D eigenvalue weighted by Crippen LogP contribution is 2.37. The van der Waals surface area contributed by atoms with Gasteiger partial charge in [0.25, 0.3) is 5.95 Å². The summed E-state index contributed by atoms with van der Waals surface area (Å²) < 4.78 is 0.873. The number of nitrogens with zero attached hydrogens (tertiary/aromatic N) is 5. The maximum absolute atomic E-state index is 10.1. The highest BCUT2D eigenvalue weighted by atomic mass is 79.9. The van der Waals surface area contributed by atoms with Crippen LogP contribution in [0.15, 0.2) is 57.2 Å². The second kappa shape index (κ2) is 5.60. The molecule has 26 heavy (non-hydrogen) atoms. The Morgan fingerprint density at radius 2 is 1.77 bits per heavy atom. The molecule has 0 spiro atoms. The van der Waals surface area contributed by atoms with Crippen LogP contribution in [0.1, 0.15) is 0 Å². The van der Waals surface area contributed by atoms with Crippen LogP contribution in [0.5, 0.6) is 5.88 Å². The van der Waals surface area contributed by atoms with E-state index in [9.17, 15) is 5.11 Å². The molecule has 3 N–H and O–H groups in total. The van der Waals surface area contributed by atoms with E-state index in [1.807, 2.05) is 42.5 Å². The lowest BCUT2D eigenvalue weighted by molar-refractivity contribution is 0.459. The molecule has 3 aromatic heterocycles. The van der Waals surface area contributed by atoms with E-state index in [1.165, 1.54) is 0 Å². The fourth-order valence-electron chi connectivity index (χ4n) is 2.89. The molecule has 126 valence electrons. The van der Waals surface area contributed by atoms with Crippen molar-refractivity contribution in [3.63, 3.8) is 0 Å². The van der Waals surface area contributed by atoms with Gasteiger partial charge in [-0.15, -0.1) is 20.4 Å². The first kappa shape index (κ1) is 15.0. The number of hydrogen-bond donors (Lipinski definition) is 3.